The Balaban J connectivity index is 2.02. The number of carbonyl (C=O) groups excluding carboxylic acids is 4. The van der Waals surface area contributed by atoms with Crippen molar-refractivity contribution in [2.45, 2.75) is 144 Å². The maximum atomic E-state index is 13.4. The Hall–Kier alpha value is -4.80. The number of rotatable bonds is 20. The van der Waals surface area contributed by atoms with E-state index in [0.717, 1.165) is 22.3 Å². The molecular formula is C56H76N4O12S4. The first kappa shape index (κ1) is 62.0. The van der Waals surface area contributed by atoms with Crippen LogP contribution in [-0.4, -0.2) is 123 Å². The second kappa shape index (κ2) is 27.2. The van der Waals surface area contributed by atoms with Crippen LogP contribution < -0.4 is 40.2 Å². The summed E-state index contributed by atoms with van der Waals surface area (Å²) in [5, 5.41) is 49.1. The second-order valence-electron chi connectivity index (χ2n) is 22.1. The van der Waals surface area contributed by atoms with Crippen LogP contribution in [0.4, 0.5) is 0 Å². The van der Waals surface area contributed by atoms with Crippen LogP contribution in [0.25, 0.3) is 0 Å². The molecule has 0 aromatic heterocycles. The van der Waals surface area contributed by atoms with E-state index in [1.54, 1.807) is 0 Å². The number of nitrogens with one attached hydrogen (secondary N) is 4. The molecule has 8 N–H and O–H groups in total. The van der Waals surface area contributed by atoms with Crippen LogP contribution in [0.5, 0.6) is 23.0 Å². The minimum Gasteiger partial charge on any atom is -0.481 e. The molecule has 5 rings (SSSR count). The highest BCUT2D eigenvalue weighted by Crippen LogP contribution is 2.56. The van der Waals surface area contributed by atoms with Gasteiger partial charge in [0.1, 0.15) is 23.0 Å². The highest BCUT2D eigenvalue weighted by atomic mass is 32.2. The van der Waals surface area contributed by atoms with Crippen LogP contribution in [-0.2, 0) is 40.8 Å². The molecule has 16 nitrogen and oxygen atoms in total. The summed E-state index contributed by atoms with van der Waals surface area (Å²) in [6.07, 6.45) is 0. The number of benzene rings is 4. The normalized spacial score (nSPS) is 12.8. The van der Waals surface area contributed by atoms with E-state index in [2.05, 4.69) is 104 Å². The van der Waals surface area contributed by atoms with Crippen LogP contribution in [0.15, 0.2) is 87.7 Å². The van der Waals surface area contributed by atoms with Crippen molar-refractivity contribution in [3.05, 3.63) is 70.8 Å². The summed E-state index contributed by atoms with van der Waals surface area (Å²) < 4.78 is 26.6. The number of hydrogen-bond donors (Lipinski definition) is 8. The number of hydrogen-bond acceptors (Lipinski definition) is 16. The van der Waals surface area contributed by atoms with Crippen molar-refractivity contribution in [1.29, 1.82) is 0 Å². The molecule has 0 unspecified atom stereocenters. The quantitative estimate of drug-likeness (QED) is 0.0372. The van der Waals surface area contributed by atoms with E-state index < -0.39 is 71.7 Å². The minimum absolute atomic E-state index is 0.0244. The van der Waals surface area contributed by atoms with Gasteiger partial charge in [-0.1, -0.05) is 130 Å². The number of fused-ring (bicyclic) bond motifs is 8. The lowest BCUT2D eigenvalue weighted by Crippen LogP contribution is -2.31. The molecule has 0 atom stereocenters. The molecule has 0 radical (unpaired) electrons. The molecule has 0 spiro atoms. The molecule has 4 aromatic carbocycles. The first-order chi connectivity index (χ1) is 35.7. The van der Waals surface area contributed by atoms with Crippen molar-refractivity contribution in [3.63, 3.8) is 0 Å². The summed E-state index contributed by atoms with van der Waals surface area (Å²) in [6, 6.07) is 16.2. The summed E-state index contributed by atoms with van der Waals surface area (Å²) in [6.45, 7) is 22.6. The topological polar surface area (TPSA) is 234 Å². The Morgan fingerprint density at radius 3 is 0.632 bits per heavy atom. The zero-order valence-corrected chi connectivity index (χ0v) is 49.1. The monoisotopic (exact) mass is 1120 g/mol. The highest BCUT2D eigenvalue weighted by Gasteiger charge is 2.31. The van der Waals surface area contributed by atoms with E-state index in [4.69, 9.17) is 18.9 Å². The molecule has 1 aliphatic heterocycles. The van der Waals surface area contributed by atoms with Gasteiger partial charge in [-0.05, 0) is 92.4 Å². The molecular weight excluding hydrogens is 1050 g/mol. The number of carbonyl (C=O) groups is 4. The Morgan fingerprint density at radius 1 is 0.342 bits per heavy atom. The first-order valence-electron chi connectivity index (χ1n) is 25.1. The molecule has 0 saturated carbocycles. The largest absolute Gasteiger partial charge is 0.481 e. The summed E-state index contributed by atoms with van der Waals surface area (Å²) >= 11 is 5.35. The van der Waals surface area contributed by atoms with Crippen molar-refractivity contribution in [2.24, 2.45) is 0 Å². The predicted octanol–water partition coefficient (Wildman–Crippen LogP) is 7.74. The van der Waals surface area contributed by atoms with E-state index in [9.17, 15) is 39.6 Å². The van der Waals surface area contributed by atoms with Gasteiger partial charge in [0, 0.05) is 26.2 Å². The van der Waals surface area contributed by atoms with Crippen molar-refractivity contribution in [2.75, 3.05) is 79.0 Å². The maximum Gasteiger partial charge on any atom is 0.258 e. The van der Waals surface area contributed by atoms with Gasteiger partial charge >= 0.3 is 0 Å². The van der Waals surface area contributed by atoms with Crippen LogP contribution in [0.3, 0.4) is 0 Å². The van der Waals surface area contributed by atoms with Gasteiger partial charge < -0.3 is 60.6 Å². The summed E-state index contributed by atoms with van der Waals surface area (Å²) in [4.78, 5) is 58.4. The third kappa shape index (κ3) is 17.6. The summed E-state index contributed by atoms with van der Waals surface area (Å²) in [7, 11) is 0. The van der Waals surface area contributed by atoms with Crippen molar-refractivity contribution in [3.8, 4) is 23.0 Å². The molecule has 4 amide bonds. The zero-order chi connectivity index (χ0) is 56.2. The Labute approximate surface area is 464 Å². The van der Waals surface area contributed by atoms with Crippen LogP contribution in [0, 0.1) is 0 Å². The molecule has 0 aliphatic carbocycles. The van der Waals surface area contributed by atoms with Crippen molar-refractivity contribution < 1.29 is 58.6 Å². The number of ether oxygens (including phenoxy) is 4. The molecule has 76 heavy (non-hydrogen) atoms. The third-order valence-corrected chi connectivity index (χ3v) is 15.7. The molecule has 1 heterocycles. The van der Waals surface area contributed by atoms with Crippen LogP contribution in [0.2, 0.25) is 0 Å². The van der Waals surface area contributed by atoms with E-state index in [-0.39, 0.29) is 52.6 Å². The number of aliphatic hydroxyl groups excluding tert-OH is 4. The van der Waals surface area contributed by atoms with Gasteiger partial charge in [0.05, 0.1) is 65.6 Å². The molecule has 8 bridgehead atoms. The van der Waals surface area contributed by atoms with E-state index in [1.807, 2.05) is 48.5 Å². The fraction of sp³-hybridized carbons (Fsp3) is 0.500. The van der Waals surface area contributed by atoms with Crippen molar-refractivity contribution in [1.82, 2.24) is 21.3 Å². The lowest BCUT2D eigenvalue weighted by atomic mass is 9.87. The van der Waals surface area contributed by atoms with Gasteiger partial charge in [0.2, 0.25) is 0 Å². The van der Waals surface area contributed by atoms with Gasteiger partial charge in [-0.25, -0.2) is 0 Å². The highest BCUT2D eigenvalue weighted by molar-refractivity contribution is 8.01. The Kier molecular flexibility index (Phi) is 22.2. The molecule has 4 aromatic rings. The third-order valence-electron chi connectivity index (χ3n) is 11.6. The second-order valence-corrected chi connectivity index (χ2v) is 26.4. The van der Waals surface area contributed by atoms with Crippen LogP contribution in [0.1, 0.15) is 105 Å². The lowest BCUT2D eigenvalue weighted by molar-refractivity contribution is -0.124. The van der Waals surface area contributed by atoms with Gasteiger partial charge in [-0.2, -0.15) is 0 Å². The Bertz CT molecular complexity index is 2250. The van der Waals surface area contributed by atoms with Gasteiger partial charge in [0.25, 0.3) is 23.6 Å². The molecule has 0 fully saturated rings. The molecule has 416 valence electrons. The number of amides is 4. The zero-order valence-electron chi connectivity index (χ0n) is 45.8. The standard InChI is InChI=1S/C56H76N4O12S4/c1-53(2,3)33-21-37-49(69-29-45(65)57-13-17-61)38(22-33)74-40-24-35(55(7,8)9)26-42(51(40)71-31-47(67)59-15-19-63)76-44-28-36(56(10,11)12)27-43(52(44)72-32-48(68)60-16-20-64)75-41-25-34(54(4,5)6)23-39(73-37)50(41)70-30-46(66)58-14-18-62/h21-28,61-64H,13-20,29-32H2,1-12H3,(H,57,65)(H,58,66)(H,59,67)(H,60,68). The van der Waals surface area contributed by atoms with E-state index in [1.165, 1.54) is 47.0 Å². The average molecular weight is 1130 g/mol. The smallest absolute Gasteiger partial charge is 0.258 e. The van der Waals surface area contributed by atoms with Gasteiger partial charge in [-0.15, -0.1) is 0 Å². The number of aliphatic hydroxyl groups is 4. The van der Waals surface area contributed by atoms with Gasteiger partial charge in [-0.3, -0.25) is 19.2 Å². The fourth-order valence-corrected chi connectivity index (χ4v) is 12.0. The fourth-order valence-electron chi connectivity index (χ4n) is 7.22. The van der Waals surface area contributed by atoms with E-state index >= 15 is 0 Å². The Morgan fingerprint density at radius 2 is 0.500 bits per heavy atom. The summed E-state index contributed by atoms with van der Waals surface area (Å²) in [5.41, 5.74) is 1.96. The SMILES string of the molecule is CC(C)(C)c1cc2c(OCC(=O)NCCO)c(c1)Sc1cc(C(C)(C)C)cc(c1OCC(=O)NCCO)Sc1cc(C(C)(C)C)cc(c1OCC(=O)NCCO)Sc1cc(C(C)(C)C)cc(c1OCC(=O)NCCO)S2. The van der Waals surface area contributed by atoms with E-state index in [0.29, 0.717) is 62.2 Å². The van der Waals surface area contributed by atoms with Crippen LogP contribution >= 0.6 is 47.0 Å². The maximum absolute atomic E-state index is 13.4. The molecule has 0 saturated heterocycles. The lowest BCUT2D eigenvalue weighted by Gasteiger charge is -2.28. The molecule has 1 aliphatic rings. The molecule has 20 heteroatoms. The average Bonchev–Trinajstić information content (AvgIpc) is 3.33. The first-order valence-corrected chi connectivity index (χ1v) is 28.4. The van der Waals surface area contributed by atoms with Crippen molar-refractivity contribution >= 4 is 70.7 Å². The predicted molar refractivity (Wildman–Crippen MR) is 299 cm³/mol. The summed E-state index contributed by atoms with van der Waals surface area (Å²) in [5.74, 6) is -0.412. The minimum atomic E-state index is -0.458. The van der Waals surface area contributed by atoms with Gasteiger partial charge in [0.15, 0.2) is 26.4 Å².